The first-order valence-corrected chi connectivity index (χ1v) is 7.86. The van der Waals surface area contributed by atoms with Crippen molar-refractivity contribution in [3.63, 3.8) is 0 Å². The number of anilines is 1. The summed E-state index contributed by atoms with van der Waals surface area (Å²) in [6, 6.07) is 5.00. The van der Waals surface area contributed by atoms with E-state index in [1.807, 2.05) is 0 Å². The van der Waals surface area contributed by atoms with E-state index in [4.69, 9.17) is 0 Å². The second kappa shape index (κ2) is 7.08. The van der Waals surface area contributed by atoms with Crippen LogP contribution < -0.4 is 16.3 Å². The number of fused-ring (bicyclic) bond motifs is 1. The van der Waals surface area contributed by atoms with E-state index in [-0.39, 0.29) is 11.7 Å². The highest BCUT2D eigenvalue weighted by atomic mass is 16.2. The summed E-state index contributed by atoms with van der Waals surface area (Å²) in [5.41, 5.74) is -0.0439. The quantitative estimate of drug-likeness (QED) is 0.804. The van der Waals surface area contributed by atoms with Crippen LogP contribution in [0.3, 0.4) is 0 Å². The summed E-state index contributed by atoms with van der Waals surface area (Å²) in [6.45, 7) is 1.73. The zero-order valence-corrected chi connectivity index (χ0v) is 12.9. The zero-order chi connectivity index (χ0) is 16.1. The summed E-state index contributed by atoms with van der Waals surface area (Å²) in [6.07, 6.45) is 5.25. The molecular weight excluding hydrogens is 296 g/mol. The Morgan fingerprint density at radius 1 is 1.30 bits per heavy atom. The van der Waals surface area contributed by atoms with Crippen molar-refractivity contribution in [2.45, 2.75) is 38.8 Å². The molecule has 2 N–H and O–H groups in total. The predicted octanol–water partition coefficient (Wildman–Crippen LogP) is 0.988. The highest BCUT2D eigenvalue weighted by molar-refractivity contribution is 5.88. The van der Waals surface area contributed by atoms with E-state index >= 15 is 0 Å². The van der Waals surface area contributed by atoms with Gasteiger partial charge in [0.05, 0.1) is 0 Å². The predicted molar refractivity (Wildman–Crippen MR) is 85.3 cm³/mol. The lowest BCUT2D eigenvalue weighted by molar-refractivity contribution is 0.251. The Labute approximate surface area is 133 Å². The van der Waals surface area contributed by atoms with Crippen LogP contribution in [-0.2, 0) is 19.5 Å². The van der Waals surface area contributed by atoms with E-state index in [0.29, 0.717) is 25.3 Å². The Morgan fingerprint density at radius 3 is 3.00 bits per heavy atom. The molecule has 3 rings (SSSR count). The number of carbonyl (C=O) groups excluding carboxylic acids is 1. The lowest BCUT2D eigenvalue weighted by Gasteiger charge is -2.09. The Bertz CT molecular complexity index is 721. The van der Waals surface area contributed by atoms with Crippen molar-refractivity contribution in [3.05, 3.63) is 40.7 Å². The topological polar surface area (TPSA) is 93.8 Å². The molecule has 8 heteroatoms. The van der Waals surface area contributed by atoms with Crippen molar-refractivity contribution in [2.24, 2.45) is 0 Å². The van der Waals surface area contributed by atoms with E-state index in [1.165, 1.54) is 4.68 Å². The molecule has 0 fully saturated rings. The van der Waals surface area contributed by atoms with Crippen molar-refractivity contribution in [3.8, 4) is 0 Å². The smallest absolute Gasteiger partial charge is 0.338 e. The van der Waals surface area contributed by atoms with E-state index < -0.39 is 0 Å². The maximum Gasteiger partial charge on any atom is 0.345 e. The van der Waals surface area contributed by atoms with Crippen LogP contribution in [0.2, 0.25) is 0 Å². The third-order valence-electron chi connectivity index (χ3n) is 3.77. The second-order valence-electron chi connectivity index (χ2n) is 5.48. The molecule has 2 aromatic heterocycles. The van der Waals surface area contributed by atoms with Crippen molar-refractivity contribution >= 4 is 11.8 Å². The van der Waals surface area contributed by atoms with Gasteiger partial charge in [-0.3, -0.25) is 9.88 Å². The number of carbonyl (C=O) groups is 1. The number of hydrogen-bond acceptors (Lipinski definition) is 4. The Balaban J connectivity index is 1.44. The molecule has 8 nitrogen and oxygen atoms in total. The number of amides is 2. The van der Waals surface area contributed by atoms with Crippen LogP contribution in [0.1, 0.15) is 25.1 Å². The first-order valence-electron chi connectivity index (χ1n) is 7.86. The lowest BCUT2D eigenvalue weighted by Crippen LogP contribution is -2.31. The monoisotopic (exact) mass is 316 g/mol. The largest absolute Gasteiger partial charge is 0.345 e. The van der Waals surface area contributed by atoms with E-state index in [1.54, 1.807) is 29.0 Å². The molecular formula is C15H20N6O2. The van der Waals surface area contributed by atoms with E-state index in [9.17, 15) is 9.59 Å². The molecule has 0 aromatic carbocycles. The number of rotatable bonds is 5. The summed E-state index contributed by atoms with van der Waals surface area (Å²) in [4.78, 5) is 27.9. The van der Waals surface area contributed by atoms with Crippen molar-refractivity contribution in [1.29, 1.82) is 0 Å². The van der Waals surface area contributed by atoms with Crippen LogP contribution in [0.5, 0.6) is 0 Å². The van der Waals surface area contributed by atoms with Crippen LogP contribution in [0, 0.1) is 0 Å². The van der Waals surface area contributed by atoms with Crippen LogP contribution in [0.15, 0.2) is 29.2 Å². The van der Waals surface area contributed by atoms with Gasteiger partial charge in [-0.1, -0.05) is 6.07 Å². The normalized spacial score (nSPS) is 13.4. The molecule has 0 aliphatic carbocycles. The van der Waals surface area contributed by atoms with Crippen LogP contribution >= 0.6 is 0 Å². The number of nitrogens with zero attached hydrogens (tertiary/aromatic N) is 4. The molecule has 1 aliphatic rings. The average molecular weight is 316 g/mol. The summed E-state index contributed by atoms with van der Waals surface area (Å²) >= 11 is 0. The molecule has 0 radical (unpaired) electrons. The molecule has 0 atom stereocenters. The van der Waals surface area contributed by atoms with Gasteiger partial charge in [-0.25, -0.2) is 19.3 Å². The molecule has 2 amide bonds. The number of hydrogen-bond donors (Lipinski definition) is 2. The maximum atomic E-state index is 12.1. The summed E-state index contributed by atoms with van der Waals surface area (Å²) in [5.74, 6) is 1.38. The van der Waals surface area contributed by atoms with Crippen molar-refractivity contribution < 1.29 is 4.79 Å². The van der Waals surface area contributed by atoms with Crippen LogP contribution in [0.4, 0.5) is 10.6 Å². The molecule has 1 aliphatic heterocycles. The average Bonchev–Trinajstić information content (AvgIpc) is 2.89. The molecule has 0 saturated carbocycles. The minimum atomic E-state index is -0.305. The van der Waals surface area contributed by atoms with Crippen molar-refractivity contribution in [1.82, 2.24) is 24.6 Å². The summed E-state index contributed by atoms with van der Waals surface area (Å²) in [5, 5.41) is 9.75. The third kappa shape index (κ3) is 3.77. The highest BCUT2D eigenvalue weighted by Crippen LogP contribution is 2.09. The Kier molecular flexibility index (Phi) is 4.70. The maximum absolute atomic E-state index is 12.1. The van der Waals surface area contributed by atoms with E-state index in [2.05, 4.69) is 20.7 Å². The second-order valence-corrected chi connectivity index (χ2v) is 5.48. The van der Waals surface area contributed by atoms with Gasteiger partial charge in [0.15, 0.2) is 0 Å². The molecule has 0 unspecified atom stereocenters. The molecule has 3 heterocycles. The highest BCUT2D eigenvalue weighted by Gasteiger charge is 2.16. The van der Waals surface area contributed by atoms with Gasteiger partial charge in [-0.15, -0.1) is 0 Å². The van der Waals surface area contributed by atoms with Crippen LogP contribution in [0.25, 0.3) is 0 Å². The number of nitrogens with one attached hydrogen (secondary N) is 2. The van der Waals surface area contributed by atoms with Gasteiger partial charge < -0.3 is 5.32 Å². The van der Waals surface area contributed by atoms with Gasteiger partial charge >= 0.3 is 11.7 Å². The number of aromatic nitrogens is 4. The zero-order valence-electron chi connectivity index (χ0n) is 12.9. The van der Waals surface area contributed by atoms with Crippen molar-refractivity contribution in [2.75, 3.05) is 11.9 Å². The summed E-state index contributed by atoms with van der Waals surface area (Å²) < 4.78 is 3.25. The number of urea groups is 1. The van der Waals surface area contributed by atoms with Crippen LogP contribution in [-0.4, -0.2) is 31.9 Å². The lowest BCUT2D eigenvalue weighted by atomic mass is 10.2. The summed E-state index contributed by atoms with van der Waals surface area (Å²) in [7, 11) is 0. The molecule has 122 valence electrons. The first-order chi connectivity index (χ1) is 11.2. The Hall–Kier alpha value is -2.64. The number of aryl methyl sites for hydroxylation is 2. The van der Waals surface area contributed by atoms with E-state index in [0.717, 1.165) is 31.6 Å². The first kappa shape index (κ1) is 15.3. The Morgan fingerprint density at radius 2 is 2.22 bits per heavy atom. The van der Waals surface area contributed by atoms with Gasteiger partial charge in [0.1, 0.15) is 11.6 Å². The number of pyridine rings is 1. The molecule has 0 spiro atoms. The van der Waals surface area contributed by atoms with Gasteiger partial charge in [0, 0.05) is 32.3 Å². The SMILES string of the molecule is O=C(NCCCn1nc2n(c1=O)CCCC2)Nc1ccccn1. The van der Waals surface area contributed by atoms with Gasteiger partial charge in [0.2, 0.25) is 0 Å². The minimum absolute atomic E-state index is 0.0439. The fourth-order valence-corrected chi connectivity index (χ4v) is 2.62. The molecule has 0 saturated heterocycles. The molecule has 23 heavy (non-hydrogen) atoms. The van der Waals surface area contributed by atoms with Gasteiger partial charge in [0.25, 0.3) is 0 Å². The minimum Gasteiger partial charge on any atom is -0.338 e. The third-order valence-corrected chi connectivity index (χ3v) is 3.77. The van der Waals surface area contributed by atoms with Gasteiger partial charge in [-0.2, -0.15) is 5.10 Å². The standard InChI is InChI=1S/C15H20N6O2/c22-14(18-12-6-1-3-8-16-12)17-9-5-11-21-15(23)20-10-4-2-7-13(20)19-21/h1,3,6,8H,2,4-5,7,9-11H2,(H2,16,17,18,22). The van der Waals surface area contributed by atoms with Gasteiger partial charge in [-0.05, 0) is 31.4 Å². The molecule has 0 bridgehead atoms. The fourth-order valence-electron chi connectivity index (χ4n) is 2.62. The fraction of sp³-hybridized carbons (Fsp3) is 0.467. The molecule has 2 aromatic rings.